The van der Waals surface area contributed by atoms with Crippen molar-refractivity contribution in [3.8, 4) is 11.4 Å². The van der Waals surface area contributed by atoms with Gasteiger partial charge in [-0.1, -0.05) is 60.7 Å². The molecule has 0 atom stereocenters. The zero-order chi connectivity index (χ0) is 17.5. The van der Waals surface area contributed by atoms with Gasteiger partial charge in [-0.2, -0.15) is 0 Å². The molecule has 5 nitrogen and oxygen atoms in total. The summed E-state index contributed by atoms with van der Waals surface area (Å²) in [7, 11) is 0. The Kier molecular flexibility index (Phi) is 5.49. The first-order chi connectivity index (χ1) is 12.3. The summed E-state index contributed by atoms with van der Waals surface area (Å²) in [5.41, 5.74) is 2.31. The number of rotatable bonds is 6. The minimum Gasteiger partial charge on any atom is -0.395 e. The zero-order valence-corrected chi connectivity index (χ0v) is 13.7. The molecule has 2 aromatic carbocycles. The van der Waals surface area contributed by atoms with Crippen LogP contribution >= 0.6 is 0 Å². The predicted molar refractivity (Wildman–Crippen MR) is 95.7 cm³/mol. The second-order valence-electron chi connectivity index (χ2n) is 5.60. The molecule has 0 aliphatic heterocycles. The van der Waals surface area contributed by atoms with Gasteiger partial charge in [-0.25, -0.2) is 9.97 Å². The number of hydrogen-bond acceptors (Lipinski definition) is 4. The first-order valence-electron chi connectivity index (χ1n) is 8.09. The lowest BCUT2D eigenvalue weighted by molar-refractivity contribution is 0.0707. The number of hydrogen-bond donors (Lipinski definition) is 1. The maximum atomic E-state index is 12.7. The molecule has 5 heteroatoms. The van der Waals surface area contributed by atoms with E-state index in [2.05, 4.69) is 9.97 Å². The van der Waals surface area contributed by atoms with Crippen molar-refractivity contribution in [3.05, 3.63) is 84.2 Å². The number of aliphatic hydroxyl groups is 1. The van der Waals surface area contributed by atoms with E-state index in [1.165, 1.54) is 12.4 Å². The summed E-state index contributed by atoms with van der Waals surface area (Å²) in [6, 6.07) is 19.3. The largest absolute Gasteiger partial charge is 0.395 e. The van der Waals surface area contributed by atoms with Gasteiger partial charge in [0, 0.05) is 31.0 Å². The van der Waals surface area contributed by atoms with Crippen molar-refractivity contribution in [3.63, 3.8) is 0 Å². The van der Waals surface area contributed by atoms with Crippen molar-refractivity contribution < 1.29 is 9.90 Å². The standard InChI is InChI=1S/C20H19N3O2/c24-12-11-23(15-16-7-3-1-4-8-16)20(25)18-13-21-19(22-14-18)17-9-5-2-6-10-17/h1-10,13-14,24H,11-12,15H2. The minimum atomic E-state index is -0.197. The van der Waals surface area contributed by atoms with Crippen molar-refractivity contribution >= 4 is 5.91 Å². The van der Waals surface area contributed by atoms with Gasteiger partial charge >= 0.3 is 0 Å². The van der Waals surface area contributed by atoms with Crippen LogP contribution in [0, 0.1) is 0 Å². The number of carbonyl (C=O) groups excluding carboxylic acids is 1. The van der Waals surface area contributed by atoms with E-state index in [1.54, 1.807) is 4.90 Å². The fourth-order valence-electron chi connectivity index (χ4n) is 2.53. The van der Waals surface area contributed by atoms with E-state index in [1.807, 2.05) is 60.7 Å². The molecule has 0 spiro atoms. The minimum absolute atomic E-state index is 0.0957. The normalized spacial score (nSPS) is 10.4. The third-order valence-corrected chi connectivity index (χ3v) is 3.80. The van der Waals surface area contributed by atoms with Crippen LogP contribution in [0.5, 0.6) is 0 Å². The summed E-state index contributed by atoms with van der Waals surface area (Å²) < 4.78 is 0. The summed E-state index contributed by atoms with van der Waals surface area (Å²) >= 11 is 0. The van der Waals surface area contributed by atoms with Gasteiger partial charge in [0.15, 0.2) is 5.82 Å². The molecule has 25 heavy (non-hydrogen) atoms. The summed E-state index contributed by atoms with van der Waals surface area (Å²) in [5.74, 6) is 0.381. The van der Waals surface area contributed by atoms with Crippen LogP contribution in [-0.2, 0) is 6.54 Å². The molecule has 0 saturated heterocycles. The van der Waals surface area contributed by atoms with Crippen molar-refractivity contribution in [2.24, 2.45) is 0 Å². The summed E-state index contributed by atoms with van der Waals surface area (Å²) in [5, 5.41) is 9.28. The topological polar surface area (TPSA) is 66.3 Å². The van der Waals surface area contributed by atoms with Gasteiger partial charge in [0.05, 0.1) is 12.2 Å². The summed E-state index contributed by atoms with van der Waals surface area (Å²) in [4.78, 5) is 22.9. The van der Waals surface area contributed by atoms with E-state index in [4.69, 9.17) is 0 Å². The van der Waals surface area contributed by atoms with Gasteiger partial charge in [-0.05, 0) is 5.56 Å². The second kappa shape index (κ2) is 8.17. The molecule has 126 valence electrons. The van der Waals surface area contributed by atoms with Crippen LogP contribution in [0.3, 0.4) is 0 Å². The molecule has 3 rings (SSSR count). The van der Waals surface area contributed by atoms with Gasteiger partial charge in [0.1, 0.15) is 0 Å². The zero-order valence-electron chi connectivity index (χ0n) is 13.7. The Labute approximate surface area is 146 Å². The number of amides is 1. The SMILES string of the molecule is O=C(c1cnc(-c2ccccc2)nc1)N(CCO)Cc1ccccc1. The maximum absolute atomic E-state index is 12.7. The second-order valence-corrected chi connectivity index (χ2v) is 5.60. The molecule has 0 bridgehead atoms. The molecule has 0 fully saturated rings. The van der Waals surface area contributed by atoms with Crippen molar-refractivity contribution in [2.45, 2.75) is 6.54 Å². The molecule has 3 aromatic rings. The van der Waals surface area contributed by atoms with Gasteiger partial charge < -0.3 is 10.0 Å². The molecule has 0 aliphatic rings. The molecule has 1 aromatic heterocycles. The van der Waals surface area contributed by atoms with E-state index in [9.17, 15) is 9.90 Å². The monoisotopic (exact) mass is 333 g/mol. The Hall–Kier alpha value is -3.05. The van der Waals surface area contributed by atoms with Crippen molar-refractivity contribution in [1.29, 1.82) is 0 Å². The van der Waals surface area contributed by atoms with Crippen LogP contribution in [0.2, 0.25) is 0 Å². The van der Waals surface area contributed by atoms with Gasteiger partial charge in [0.25, 0.3) is 5.91 Å². The molecular formula is C20H19N3O2. The average molecular weight is 333 g/mol. The quantitative estimate of drug-likeness (QED) is 0.753. The molecule has 1 amide bonds. The van der Waals surface area contributed by atoms with Gasteiger partial charge in [0.2, 0.25) is 0 Å². The van der Waals surface area contributed by atoms with E-state index < -0.39 is 0 Å². The van der Waals surface area contributed by atoms with E-state index in [0.717, 1.165) is 11.1 Å². The number of aliphatic hydroxyl groups excluding tert-OH is 1. The molecule has 1 N–H and O–H groups in total. The average Bonchev–Trinajstić information content (AvgIpc) is 2.69. The van der Waals surface area contributed by atoms with Crippen LogP contribution in [-0.4, -0.2) is 39.0 Å². The van der Waals surface area contributed by atoms with Crippen LogP contribution < -0.4 is 0 Å². The molecular weight excluding hydrogens is 314 g/mol. The molecule has 1 heterocycles. The molecule has 0 aliphatic carbocycles. The van der Waals surface area contributed by atoms with Crippen LogP contribution in [0.15, 0.2) is 73.1 Å². The first-order valence-corrected chi connectivity index (χ1v) is 8.09. The smallest absolute Gasteiger partial charge is 0.257 e. The predicted octanol–water partition coefficient (Wildman–Crippen LogP) is 2.78. The third kappa shape index (κ3) is 4.28. The number of nitrogens with zero attached hydrogens (tertiary/aromatic N) is 3. The lowest BCUT2D eigenvalue weighted by Gasteiger charge is -2.21. The number of benzene rings is 2. The van der Waals surface area contributed by atoms with Crippen molar-refractivity contribution in [2.75, 3.05) is 13.2 Å². The van der Waals surface area contributed by atoms with Gasteiger partial charge in [-0.15, -0.1) is 0 Å². The maximum Gasteiger partial charge on any atom is 0.257 e. The Balaban J connectivity index is 1.77. The lowest BCUT2D eigenvalue weighted by atomic mass is 10.2. The summed E-state index contributed by atoms with van der Waals surface area (Å²) in [6.45, 7) is 0.594. The highest BCUT2D eigenvalue weighted by Crippen LogP contribution is 2.14. The van der Waals surface area contributed by atoms with Crippen LogP contribution in [0.1, 0.15) is 15.9 Å². The molecule has 0 radical (unpaired) electrons. The van der Waals surface area contributed by atoms with Crippen LogP contribution in [0.25, 0.3) is 11.4 Å². The lowest BCUT2D eigenvalue weighted by Crippen LogP contribution is -2.33. The van der Waals surface area contributed by atoms with E-state index in [0.29, 0.717) is 17.9 Å². The highest BCUT2D eigenvalue weighted by atomic mass is 16.3. The Morgan fingerprint density at radius 3 is 2.12 bits per heavy atom. The van der Waals surface area contributed by atoms with Crippen molar-refractivity contribution in [1.82, 2.24) is 14.9 Å². The number of carbonyl (C=O) groups is 1. The third-order valence-electron chi connectivity index (χ3n) is 3.80. The molecule has 0 unspecified atom stereocenters. The Bertz CT molecular complexity index is 805. The number of aromatic nitrogens is 2. The first kappa shape index (κ1) is 16.8. The van der Waals surface area contributed by atoms with Crippen LogP contribution in [0.4, 0.5) is 0 Å². The van der Waals surface area contributed by atoms with E-state index in [-0.39, 0.29) is 19.1 Å². The van der Waals surface area contributed by atoms with E-state index >= 15 is 0 Å². The highest BCUT2D eigenvalue weighted by molar-refractivity contribution is 5.93. The fraction of sp³-hybridized carbons (Fsp3) is 0.150. The fourth-order valence-corrected chi connectivity index (χ4v) is 2.53. The van der Waals surface area contributed by atoms with Gasteiger partial charge in [-0.3, -0.25) is 4.79 Å². The summed E-state index contributed by atoms with van der Waals surface area (Å²) in [6.07, 6.45) is 3.07. The highest BCUT2D eigenvalue weighted by Gasteiger charge is 2.17. The Morgan fingerprint density at radius 1 is 0.920 bits per heavy atom. The Morgan fingerprint density at radius 2 is 1.52 bits per heavy atom. The molecule has 0 saturated carbocycles.